The summed E-state index contributed by atoms with van der Waals surface area (Å²) in [4.78, 5) is 4.38. The van der Waals surface area contributed by atoms with Gasteiger partial charge >= 0.3 is 0 Å². The van der Waals surface area contributed by atoms with Crippen LogP contribution >= 0.6 is 22.6 Å². The lowest BCUT2D eigenvalue weighted by Gasteiger charge is -1.83. The van der Waals surface area contributed by atoms with E-state index < -0.39 is 0 Å². The van der Waals surface area contributed by atoms with Gasteiger partial charge in [0.2, 0.25) is 5.78 Å². The van der Waals surface area contributed by atoms with Gasteiger partial charge in [-0.3, -0.25) is 4.40 Å². The van der Waals surface area contributed by atoms with E-state index in [0.29, 0.717) is 0 Å². The van der Waals surface area contributed by atoms with Crippen molar-refractivity contribution in [2.24, 2.45) is 0 Å². The predicted molar refractivity (Wildman–Crippen MR) is 59.6 cm³/mol. The van der Waals surface area contributed by atoms with Crippen LogP contribution in [0, 0.1) is 3.83 Å². The molecule has 2 heterocycles. The Labute approximate surface area is 88.5 Å². The molecule has 0 aliphatic carbocycles. The van der Waals surface area contributed by atoms with Gasteiger partial charge in [0.05, 0.1) is 10.7 Å². The first-order chi connectivity index (χ1) is 6.27. The van der Waals surface area contributed by atoms with Gasteiger partial charge in [0, 0.05) is 22.6 Å². The molecule has 0 spiro atoms. The number of halogens is 1. The molecule has 0 unspecified atom stereocenters. The van der Waals surface area contributed by atoms with Crippen LogP contribution in [0.4, 0.5) is 0 Å². The molecule has 0 radical (unpaired) electrons. The monoisotopic (exact) mass is 288 g/mol. The van der Waals surface area contributed by atoms with Crippen LogP contribution < -0.4 is 10.7 Å². The number of aromatic amines is 1. The minimum absolute atomic E-state index is 0.797. The van der Waals surface area contributed by atoms with E-state index in [1.807, 2.05) is 30.4 Å². The van der Waals surface area contributed by atoms with E-state index >= 15 is 0 Å². The van der Waals surface area contributed by atoms with Crippen molar-refractivity contribution >= 4 is 40.5 Å². The van der Waals surface area contributed by atoms with Crippen LogP contribution in [0.2, 0.25) is 0 Å². The third kappa shape index (κ3) is 1.18. The molecular formula is C8H9IN4. The van der Waals surface area contributed by atoms with E-state index in [1.165, 1.54) is 0 Å². The Hall–Kier alpha value is -0.850. The third-order valence-corrected chi connectivity index (χ3v) is 2.64. The average molecular weight is 288 g/mol. The summed E-state index contributed by atoms with van der Waals surface area (Å²) in [6, 6.07) is 0. The molecule has 68 valence electrons. The van der Waals surface area contributed by atoms with Crippen molar-refractivity contribution < 1.29 is 0 Å². The molecule has 0 aliphatic rings. The summed E-state index contributed by atoms with van der Waals surface area (Å²) in [7, 11) is 0. The van der Waals surface area contributed by atoms with Crippen molar-refractivity contribution in [3.8, 4) is 0 Å². The number of aromatic nitrogens is 4. The molecule has 0 amide bonds. The molecule has 2 aromatic heterocycles. The van der Waals surface area contributed by atoms with Crippen molar-refractivity contribution in [1.82, 2.24) is 19.6 Å². The molecule has 13 heavy (non-hydrogen) atoms. The van der Waals surface area contributed by atoms with Crippen LogP contribution in [0.5, 0.6) is 0 Å². The van der Waals surface area contributed by atoms with E-state index in [-0.39, 0.29) is 0 Å². The first-order valence-corrected chi connectivity index (χ1v) is 5.07. The second kappa shape index (κ2) is 3.13. The normalized spacial score (nSPS) is 14.7. The zero-order valence-corrected chi connectivity index (χ0v) is 9.53. The van der Waals surface area contributed by atoms with Crippen LogP contribution in [0.15, 0.2) is 0 Å². The molecule has 5 heteroatoms. The van der Waals surface area contributed by atoms with Gasteiger partial charge in [-0.1, -0.05) is 12.2 Å². The fourth-order valence-corrected chi connectivity index (χ4v) is 1.96. The highest BCUT2D eigenvalue weighted by molar-refractivity contribution is 14.1. The molecule has 2 aromatic rings. The Morgan fingerprint density at radius 1 is 1.38 bits per heavy atom. The summed E-state index contributed by atoms with van der Waals surface area (Å²) in [5.74, 6) is 0.797. The first kappa shape index (κ1) is 8.74. The maximum absolute atomic E-state index is 4.38. The second-order valence-corrected chi connectivity index (χ2v) is 3.58. The number of hydrogen-bond donors (Lipinski definition) is 1. The summed E-state index contributed by atoms with van der Waals surface area (Å²) in [6.07, 6.45) is 4.03. The van der Waals surface area contributed by atoms with Gasteiger partial charge in [-0.15, -0.1) is 5.10 Å². The maximum Gasteiger partial charge on any atom is 0.231 e. The number of rotatable bonds is 0. The average Bonchev–Trinajstić information content (AvgIpc) is 2.65. The van der Waals surface area contributed by atoms with Crippen LogP contribution in [0.3, 0.4) is 0 Å². The Balaban J connectivity index is 3.11. The number of fused-ring (bicyclic) bond motifs is 1. The molecule has 0 atom stereocenters. The van der Waals surface area contributed by atoms with Gasteiger partial charge in [0.25, 0.3) is 0 Å². The quantitative estimate of drug-likeness (QED) is 0.707. The summed E-state index contributed by atoms with van der Waals surface area (Å²) in [6.45, 7) is 3.98. The number of H-pyrrole nitrogens is 1. The number of nitrogens with zero attached hydrogens (tertiary/aromatic N) is 3. The largest absolute Gasteiger partial charge is 0.255 e. The van der Waals surface area contributed by atoms with Crippen molar-refractivity contribution in [2.45, 2.75) is 13.8 Å². The highest BCUT2D eigenvalue weighted by Crippen LogP contribution is 1.97. The van der Waals surface area contributed by atoms with E-state index in [1.54, 1.807) is 0 Å². The van der Waals surface area contributed by atoms with Crippen molar-refractivity contribution in [3.63, 3.8) is 0 Å². The summed E-state index contributed by atoms with van der Waals surface area (Å²) >= 11 is 2.18. The smallest absolute Gasteiger partial charge is 0.231 e. The molecule has 0 bridgehead atoms. The van der Waals surface area contributed by atoms with Gasteiger partial charge in [0.15, 0.2) is 3.83 Å². The topological polar surface area (TPSA) is 46.0 Å². The summed E-state index contributed by atoms with van der Waals surface area (Å²) < 4.78 is 2.90. The molecule has 1 N–H and O–H groups in total. The van der Waals surface area contributed by atoms with Crippen molar-refractivity contribution in [1.29, 1.82) is 0 Å². The standard InChI is InChI=1S/C8H9IN4/c1-3-5-6(4-2)13-7(9)11-12-8(13)10-5/h3-4H,1-2H3,(H,10,12)/b5-3+,6-4+. The fraction of sp³-hybridized carbons (Fsp3) is 0.250. The second-order valence-electron chi connectivity index (χ2n) is 2.61. The SMILES string of the molecule is C/C=c1/nc2[nH]nc(I)n2/c1=C/C. The molecule has 0 aliphatic heterocycles. The Morgan fingerprint density at radius 3 is 2.77 bits per heavy atom. The highest BCUT2D eigenvalue weighted by Gasteiger charge is 2.04. The summed E-state index contributed by atoms with van der Waals surface area (Å²) in [5, 5.41) is 9.03. The molecule has 4 nitrogen and oxygen atoms in total. The molecule has 0 fully saturated rings. The Kier molecular flexibility index (Phi) is 2.10. The van der Waals surface area contributed by atoms with Crippen molar-refractivity contribution in [2.75, 3.05) is 0 Å². The molecule has 0 saturated heterocycles. The lowest BCUT2D eigenvalue weighted by molar-refractivity contribution is 1.02. The zero-order chi connectivity index (χ0) is 9.42. The number of imidazole rings is 1. The van der Waals surface area contributed by atoms with Gasteiger partial charge in [-0.25, -0.2) is 10.1 Å². The number of nitrogens with one attached hydrogen (secondary N) is 1. The fourth-order valence-electron chi connectivity index (χ4n) is 1.35. The zero-order valence-electron chi connectivity index (χ0n) is 7.37. The minimum atomic E-state index is 0.797. The van der Waals surface area contributed by atoms with Crippen LogP contribution in [0.25, 0.3) is 17.9 Å². The van der Waals surface area contributed by atoms with E-state index in [2.05, 4.69) is 37.8 Å². The lowest BCUT2D eigenvalue weighted by atomic mass is 10.5. The Morgan fingerprint density at radius 2 is 2.15 bits per heavy atom. The maximum atomic E-state index is 4.38. The van der Waals surface area contributed by atoms with Crippen LogP contribution in [-0.2, 0) is 0 Å². The predicted octanol–water partition coefficient (Wildman–Crippen LogP) is 0.263. The Bertz CT molecular complexity index is 548. The van der Waals surface area contributed by atoms with E-state index in [9.17, 15) is 0 Å². The van der Waals surface area contributed by atoms with Gasteiger partial charge in [-0.2, -0.15) is 0 Å². The van der Waals surface area contributed by atoms with Gasteiger partial charge < -0.3 is 0 Å². The van der Waals surface area contributed by atoms with Gasteiger partial charge in [-0.05, 0) is 13.8 Å². The highest BCUT2D eigenvalue weighted by atomic mass is 127. The van der Waals surface area contributed by atoms with E-state index in [4.69, 9.17) is 0 Å². The summed E-state index contributed by atoms with van der Waals surface area (Å²) in [5.41, 5.74) is 0. The first-order valence-electron chi connectivity index (χ1n) is 3.99. The molecular weight excluding hydrogens is 279 g/mol. The third-order valence-electron chi connectivity index (χ3n) is 1.92. The van der Waals surface area contributed by atoms with Crippen LogP contribution in [-0.4, -0.2) is 19.6 Å². The molecule has 0 aromatic carbocycles. The van der Waals surface area contributed by atoms with Gasteiger partial charge in [0.1, 0.15) is 0 Å². The number of hydrogen-bond acceptors (Lipinski definition) is 2. The molecule has 0 saturated carbocycles. The lowest BCUT2D eigenvalue weighted by Crippen LogP contribution is -2.27. The van der Waals surface area contributed by atoms with Crippen LogP contribution in [0.1, 0.15) is 13.8 Å². The molecule has 2 rings (SSSR count). The minimum Gasteiger partial charge on any atom is -0.255 e. The van der Waals surface area contributed by atoms with Crippen molar-refractivity contribution in [3.05, 3.63) is 14.5 Å². The van der Waals surface area contributed by atoms with E-state index in [0.717, 1.165) is 20.3 Å².